The zero-order valence-electron chi connectivity index (χ0n) is 16.5. The first-order valence-electron chi connectivity index (χ1n) is 10.3. The molecular weight excluding hydrogens is 356 g/mol. The van der Waals surface area contributed by atoms with Gasteiger partial charge in [0.2, 0.25) is 0 Å². The molecule has 0 bridgehead atoms. The lowest BCUT2D eigenvalue weighted by Gasteiger charge is -2.18. The number of aliphatic carboxylic acids is 1. The molecule has 5 nitrogen and oxygen atoms in total. The number of hydrogen-bond donors (Lipinski definition) is 1. The fourth-order valence-corrected chi connectivity index (χ4v) is 3.25. The van der Waals surface area contributed by atoms with E-state index in [0.717, 1.165) is 32.1 Å². The fraction of sp³-hybridized carbons (Fsp3) is 0.565. The lowest BCUT2D eigenvalue weighted by molar-refractivity contribution is -0.146. The zero-order chi connectivity index (χ0) is 20.0. The van der Waals surface area contributed by atoms with Crippen LogP contribution >= 0.6 is 0 Å². The molecule has 0 radical (unpaired) electrons. The van der Waals surface area contributed by atoms with Crippen molar-refractivity contribution in [1.29, 1.82) is 0 Å². The Morgan fingerprint density at radius 3 is 2.00 bits per heavy atom. The van der Waals surface area contributed by atoms with E-state index >= 15 is 0 Å². The maximum atomic E-state index is 11.4. The van der Waals surface area contributed by atoms with Crippen LogP contribution in [0, 0.1) is 5.92 Å². The quantitative estimate of drug-likeness (QED) is 0.387. The van der Waals surface area contributed by atoms with Gasteiger partial charge in [0, 0.05) is 12.8 Å². The maximum Gasteiger partial charge on any atom is 0.305 e. The average Bonchev–Trinajstić information content (AvgIpc) is 3.15. The average molecular weight is 389 g/mol. The van der Waals surface area contributed by atoms with Crippen LogP contribution in [0.1, 0.15) is 57.8 Å². The Morgan fingerprint density at radius 2 is 1.50 bits per heavy atom. The number of fused-ring (bicyclic) bond motifs is 1. The van der Waals surface area contributed by atoms with Crippen LogP contribution in [0.2, 0.25) is 0 Å². The number of carboxylic acids is 1. The van der Waals surface area contributed by atoms with E-state index in [1.165, 1.54) is 0 Å². The number of unbranched alkanes of at least 4 members (excludes halogenated alkanes) is 1. The lowest BCUT2D eigenvalue weighted by atomic mass is 9.90. The molecule has 0 aromatic rings. The highest BCUT2D eigenvalue weighted by molar-refractivity contribution is 5.69. The predicted octanol–water partition coefficient (Wildman–Crippen LogP) is 4.75. The summed E-state index contributed by atoms with van der Waals surface area (Å²) in [6.45, 7) is 0.490. The van der Waals surface area contributed by atoms with E-state index in [4.69, 9.17) is 14.6 Å². The Hall–Kier alpha value is -2.14. The molecule has 1 saturated carbocycles. The second-order valence-electron chi connectivity index (χ2n) is 7.36. The summed E-state index contributed by atoms with van der Waals surface area (Å²) in [4.78, 5) is 21.7. The van der Waals surface area contributed by atoms with E-state index in [1.807, 2.05) is 0 Å². The summed E-state index contributed by atoms with van der Waals surface area (Å²) in [6, 6.07) is 0. The Kier molecular flexibility index (Phi) is 10.4. The molecule has 28 heavy (non-hydrogen) atoms. The standard InChI is InChI=1S/C13H20O5.2C5H6/c14-12(15)3-1-2-4-13(16)17-8-9-5-6-10-11(7-9)18-10;2*1-2-4-5-3-1/h9-11H,1-8H2,(H,14,15);2*1-4H,5H2. The number of epoxide rings is 1. The third kappa shape index (κ3) is 10.3. The summed E-state index contributed by atoms with van der Waals surface area (Å²) in [7, 11) is 0. The molecule has 4 rings (SSSR count). The van der Waals surface area contributed by atoms with Gasteiger partial charge in [-0.05, 0) is 50.9 Å². The van der Waals surface area contributed by atoms with Crippen molar-refractivity contribution in [2.24, 2.45) is 5.92 Å². The molecule has 0 spiro atoms. The van der Waals surface area contributed by atoms with Crippen LogP contribution in [0.25, 0.3) is 0 Å². The fourth-order valence-electron chi connectivity index (χ4n) is 3.25. The number of allylic oxidation sites excluding steroid dienone is 8. The first-order valence-corrected chi connectivity index (χ1v) is 10.3. The minimum absolute atomic E-state index is 0.121. The predicted molar refractivity (Wildman–Crippen MR) is 109 cm³/mol. The van der Waals surface area contributed by atoms with Crippen LogP contribution in [0.15, 0.2) is 48.6 Å². The first kappa shape index (κ1) is 22.2. The van der Waals surface area contributed by atoms with E-state index in [-0.39, 0.29) is 12.4 Å². The van der Waals surface area contributed by atoms with Crippen molar-refractivity contribution < 1.29 is 24.2 Å². The highest BCUT2D eigenvalue weighted by atomic mass is 16.6. The van der Waals surface area contributed by atoms with Gasteiger partial charge in [0.05, 0.1) is 18.8 Å². The van der Waals surface area contributed by atoms with Gasteiger partial charge in [-0.25, -0.2) is 0 Å². The number of esters is 1. The van der Waals surface area contributed by atoms with Gasteiger partial charge in [-0.2, -0.15) is 0 Å². The Labute approximate surface area is 167 Å². The molecule has 1 aliphatic heterocycles. The SMILES string of the molecule is C1=CCC=C1.C1=CCC=C1.O=C(O)CCCCC(=O)OCC1CCC2OC2C1. The van der Waals surface area contributed by atoms with E-state index in [2.05, 4.69) is 48.6 Å². The third-order valence-corrected chi connectivity index (χ3v) is 4.93. The van der Waals surface area contributed by atoms with Crippen LogP contribution in [-0.2, 0) is 19.1 Å². The van der Waals surface area contributed by atoms with Gasteiger partial charge in [-0.1, -0.05) is 48.6 Å². The normalized spacial score (nSPS) is 25.2. The van der Waals surface area contributed by atoms with E-state index in [0.29, 0.717) is 44.0 Å². The van der Waals surface area contributed by atoms with Crippen molar-refractivity contribution in [2.75, 3.05) is 6.61 Å². The highest BCUT2D eigenvalue weighted by Gasteiger charge is 2.43. The van der Waals surface area contributed by atoms with Crippen molar-refractivity contribution >= 4 is 11.9 Å². The van der Waals surface area contributed by atoms with Crippen LogP contribution in [0.5, 0.6) is 0 Å². The van der Waals surface area contributed by atoms with Gasteiger partial charge in [0.1, 0.15) is 0 Å². The molecule has 1 heterocycles. The number of hydrogen-bond acceptors (Lipinski definition) is 4. The number of ether oxygens (including phenoxy) is 2. The molecular formula is C23H32O5. The van der Waals surface area contributed by atoms with Gasteiger partial charge >= 0.3 is 11.9 Å². The van der Waals surface area contributed by atoms with Crippen LogP contribution in [-0.4, -0.2) is 35.9 Å². The minimum Gasteiger partial charge on any atom is -0.481 e. The molecule has 154 valence electrons. The largest absolute Gasteiger partial charge is 0.481 e. The third-order valence-electron chi connectivity index (χ3n) is 4.93. The van der Waals surface area contributed by atoms with E-state index in [9.17, 15) is 9.59 Å². The van der Waals surface area contributed by atoms with E-state index < -0.39 is 5.97 Å². The molecule has 1 saturated heterocycles. The summed E-state index contributed by atoms with van der Waals surface area (Å²) in [6.07, 6.45) is 24.6. The van der Waals surface area contributed by atoms with Gasteiger partial charge in [-0.15, -0.1) is 0 Å². The molecule has 5 heteroatoms. The summed E-state index contributed by atoms with van der Waals surface area (Å²) in [5.41, 5.74) is 0. The topological polar surface area (TPSA) is 76.1 Å². The number of carboxylic acid groups (broad SMARTS) is 1. The lowest BCUT2D eigenvalue weighted by Crippen LogP contribution is -2.20. The van der Waals surface area contributed by atoms with E-state index in [1.54, 1.807) is 0 Å². The monoisotopic (exact) mass is 388 g/mol. The van der Waals surface area contributed by atoms with Gasteiger partial charge < -0.3 is 14.6 Å². The molecule has 3 unspecified atom stereocenters. The molecule has 0 aromatic heterocycles. The molecule has 3 atom stereocenters. The van der Waals surface area contributed by atoms with Gasteiger partial charge in [-0.3, -0.25) is 9.59 Å². The van der Waals surface area contributed by atoms with Gasteiger partial charge in [0.15, 0.2) is 0 Å². The second-order valence-corrected chi connectivity index (χ2v) is 7.36. The minimum atomic E-state index is -0.815. The second kappa shape index (κ2) is 13.1. The Morgan fingerprint density at radius 1 is 0.893 bits per heavy atom. The molecule has 3 aliphatic carbocycles. The summed E-state index contributed by atoms with van der Waals surface area (Å²) in [5.74, 6) is -0.583. The molecule has 0 amide bonds. The van der Waals surface area contributed by atoms with Crippen molar-refractivity contribution in [3.05, 3.63) is 48.6 Å². The smallest absolute Gasteiger partial charge is 0.305 e. The Bertz CT molecular complexity index is 560. The molecule has 0 aromatic carbocycles. The highest BCUT2D eigenvalue weighted by Crippen LogP contribution is 2.39. The zero-order valence-corrected chi connectivity index (χ0v) is 16.5. The van der Waals surface area contributed by atoms with Crippen molar-refractivity contribution in [3.63, 3.8) is 0 Å². The number of rotatable bonds is 7. The summed E-state index contributed by atoms with van der Waals surface area (Å²) >= 11 is 0. The van der Waals surface area contributed by atoms with Gasteiger partial charge in [0.25, 0.3) is 0 Å². The van der Waals surface area contributed by atoms with Crippen molar-refractivity contribution in [1.82, 2.24) is 0 Å². The number of carbonyl (C=O) groups is 2. The van der Waals surface area contributed by atoms with Crippen molar-refractivity contribution in [2.45, 2.75) is 70.0 Å². The van der Waals surface area contributed by atoms with Crippen LogP contribution < -0.4 is 0 Å². The van der Waals surface area contributed by atoms with Crippen LogP contribution in [0.4, 0.5) is 0 Å². The Balaban J connectivity index is 0.000000226. The molecule has 1 N–H and O–H groups in total. The summed E-state index contributed by atoms with van der Waals surface area (Å²) < 4.78 is 10.6. The molecule has 4 aliphatic rings. The molecule has 2 fully saturated rings. The van der Waals surface area contributed by atoms with Crippen molar-refractivity contribution in [3.8, 4) is 0 Å². The maximum absolute atomic E-state index is 11.4. The number of carbonyl (C=O) groups excluding carboxylic acids is 1. The van der Waals surface area contributed by atoms with Crippen LogP contribution in [0.3, 0.4) is 0 Å². The first-order chi connectivity index (χ1) is 13.6. The summed E-state index contributed by atoms with van der Waals surface area (Å²) in [5, 5.41) is 8.45.